The molecule has 0 atom stereocenters. The molecule has 0 heterocycles. The lowest BCUT2D eigenvalue weighted by Gasteiger charge is -2.12. The fraction of sp³-hybridized carbons (Fsp3) is 0.200. The number of rotatable bonds is 5. The number of carbonyl (C=O) groups excluding carboxylic acids is 1. The summed E-state index contributed by atoms with van der Waals surface area (Å²) in [6, 6.07) is 11.1. The number of methoxy groups -OCH3 is 1. The molecule has 0 radical (unpaired) electrons. The van der Waals surface area contributed by atoms with Crippen LogP contribution in [0.5, 0.6) is 5.75 Å². The number of halogens is 1. The summed E-state index contributed by atoms with van der Waals surface area (Å²) >= 11 is 6.24. The number of carbonyl (C=O) groups is 1. The van der Waals surface area contributed by atoms with Crippen molar-refractivity contribution in [3.05, 3.63) is 63.8 Å². The van der Waals surface area contributed by atoms with E-state index in [9.17, 15) is 10.1 Å². The van der Waals surface area contributed by atoms with Crippen molar-refractivity contribution < 1.29 is 9.53 Å². The van der Waals surface area contributed by atoms with E-state index in [0.29, 0.717) is 22.1 Å². The van der Waals surface area contributed by atoms with Crippen molar-refractivity contribution in [2.24, 2.45) is 0 Å². The Bertz CT molecular complexity index is 891. The molecule has 0 saturated carbocycles. The summed E-state index contributed by atoms with van der Waals surface area (Å²) in [5.74, 6) is -0.0172. The first kappa shape index (κ1) is 19.4. The largest absolute Gasteiger partial charge is 0.495 e. The van der Waals surface area contributed by atoms with Gasteiger partial charge in [0.2, 0.25) is 0 Å². The summed E-state index contributed by atoms with van der Waals surface area (Å²) < 4.78 is 5.24. The van der Waals surface area contributed by atoms with Crippen LogP contribution in [-0.4, -0.2) is 13.0 Å². The van der Waals surface area contributed by atoms with Crippen molar-refractivity contribution in [1.82, 2.24) is 0 Å². The van der Waals surface area contributed by atoms with Crippen LogP contribution in [0.2, 0.25) is 5.02 Å². The van der Waals surface area contributed by atoms with Crippen LogP contribution in [0.1, 0.15) is 16.7 Å². The highest BCUT2D eigenvalue weighted by Crippen LogP contribution is 2.28. The Balaban J connectivity index is 2.23. The number of nitrogens with one attached hydrogen (secondary N) is 2. The molecule has 2 rings (SSSR count). The Hall–Kier alpha value is -2.97. The second kappa shape index (κ2) is 8.41. The molecule has 0 fully saturated rings. The average molecular weight is 370 g/mol. The van der Waals surface area contributed by atoms with E-state index in [1.165, 1.54) is 13.3 Å². The SMILES string of the molecule is COc1ccc(C)cc1NC(=O)/C(C#N)=C\Nc1c(C)cc(C)cc1Cl. The molecule has 2 aromatic rings. The first-order valence-corrected chi connectivity index (χ1v) is 8.33. The maximum Gasteiger partial charge on any atom is 0.267 e. The molecular weight excluding hydrogens is 350 g/mol. The van der Waals surface area contributed by atoms with E-state index in [1.807, 2.05) is 45.0 Å². The fourth-order valence-electron chi connectivity index (χ4n) is 2.50. The van der Waals surface area contributed by atoms with Crippen LogP contribution in [0.4, 0.5) is 11.4 Å². The first-order valence-electron chi connectivity index (χ1n) is 7.95. The van der Waals surface area contributed by atoms with Crippen molar-refractivity contribution in [2.75, 3.05) is 17.7 Å². The van der Waals surface area contributed by atoms with E-state index in [0.717, 1.165) is 16.7 Å². The summed E-state index contributed by atoms with van der Waals surface area (Å²) in [6.07, 6.45) is 1.35. The Morgan fingerprint density at radius 1 is 1.19 bits per heavy atom. The lowest BCUT2D eigenvalue weighted by Crippen LogP contribution is -2.15. The van der Waals surface area contributed by atoms with Gasteiger partial charge in [-0.2, -0.15) is 5.26 Å². The number of hydrogen-bond donors (Lipinski definition) is 2. The van der Waals surface area contributed by atoms with Gasteiger partial charge in [-0.05, 0) is 55.7 Å². The molecule has 0 aliphatic rings. The van der Waals surface area contributed by atoms with E-state index < -0.39 is 5.91 Å². The third-order valence-corrected chi connectivity index (χ3v) is 4.06. The van der Waals surface area contributed by atoms with Crippen molar-refractivity contribution in [2.45, 2.75) is 20.8 Å². The third kappa shape index (κ3) is 4.56. The van der Waals surface area contributed by atoms with E-state index in [4.69, 9.17) is 16.3 Å². The van der Waals surface area contributed by atoms with Crippen molar-refractivity contribution >= 4 is 28.9 Å². The molecule has 0 aliphatic heterocycles. The molecule has 0 unspecified atom stereocenters. The minimum absolute atomic E-state index is 0.0791. The van der Waals surface area contributed by atoms with Gasteiger partial charge < -0.3 is 15.4 Å². The topological polar surface area (TPSA) is 74.1 Å². The van der Waals surface area contributed by atoms with E-state index in [1.54, 1.807) is 12.1 Å². The standard InChI is InChI=1S/C20H20ClN3O2/c1-12-5-6-18(26-4)17(9-12)24-20(25)15(10-22)11-23-19-14(3)7-13(2)8-16(19)21/h5-9,11,23H,1-4H3,(H,24,25)/b15-11-. The average Bonchev–Trinajstić information content (AvgIpc) is 2.57. The first-order chi connectivity index (χ1) is 12.3. The number of anilines is 2. The van der Waals surface area contributed by atoms with Crippen LogP contribution < -0.4 is 15.4 Å². The predicted octanol–water partition coefficient (Wildman–Crippen LogP) is 4.73. The van der Waals surface area contributed by atoms with E-state index in [-0.39, 0.29) is 5.57 Å². The van der Waals surface area contributed by atoms with Gasteiger partial charge >= 0.3 is 0 Å². The van der Waals surface area contributed by atoms with Gasteiger partial charge in [-0.3, -0.25) is 4.79 Å². The summed E-state index contributed by atoms with van der Waals surface area (Å²) in [5, 5.41) is 15.5. The summed E-state index contributed by atoms with van der Waals surface area (Å²) in [5.41, 5.74) is 4.00. The summed E-state index contributed by atoms with van der Waals surface area (Å²) in [6.45, 7) is 5.75. The zero-order valence-corrected chi connectivity index (χ0v) is 15.9. The third-order valence-electron chi connectivity index (χ3n) is 3.76. The Morgan fingerprint density at radius 2 is 1.92 bits per heavy atom. The fourth-order valence-corrected chi connectivity index (χ4v) is 2.88. The molecule has 134 valence electrons. The zero-order valence-electron chi connectivity index (χ0n) is 15.1. The molecule has 5 nitrogen and oxygen atoms in total. The molecule has 2 aromatic carbocycles. The second-order valence-electron chi connectivity index (χ2n) is 5.91. The number of aryl methyl sites for hydroxylation is 3. The van der Waals surface area contributed by atoms with Crippen LogP contribution in [0.3, 0.4) is 0 Å². The lowest BCUT2D eigenvalue weighted by atomic mass is 10.1. The minimum atomic E-state index is -0.537. The van der Waals surface area contributed by atoms with Crippen molar-refractivity contribution in [3.8, 4) is 11.8 Å². The number of nitrogens with zero attached hydrogens (tertiary/aromatic N) is 1. The van der Waals surface area contributed by atoms with Gasteiger partial charge in [0, 0.05) is 6.20 Å². The number of hydrogen-bond acceptors (Lipinski definition) is 4. The molecule has 0 aromatic heterocycles. The zero-order chi connectivity index (χ0) is 19.3. The van der Waals surface area contributed by atoms with Gasteiger partial charge in [-0.25, -0.2) is 0 Å². The highest BCUT2D eigenvalue weighted by molar-refractivity contribution is 6.33. The Kier molecular flexibility index (Phi) is 6.26. The molecular formula is C20H20ClN3O2. The number of benzene rings is 2. The summed E-state index contributed by atoms with van der Waals surface area (Å²) in [7, 11) is 1.52. The summed E-state index contributed by atoms with van der Waals surface area (Å²) in [4.78, 5) is 12.4. The van der Waals surface area contributed by atoms with Crippen LogP contribution >= 0.6 is 11.6 Å². The Labute approximate surface area is 158 Å². The van der Waals surface area contributed by atoms with Gasteiger partial charge in [0.1, 0.15) is 17.4 Å². The molecule has 1 amide bonds. The Morgan fingerprint density at radius 3 is 2.54 bits per heavy atom. The van der Waals surface area contributed by atoms with E-state index in [2.05, 4.69) is 10.6 Å². The van der Waals surface area contributed by atoms with Gasteiger partial charge in [0.25, 0.3) is 5.91 Å². The number of nitriles is 1. The molecule has 0 saturated heterocycles. The van der Waals surface area contributed by atoms with E-state index >= 15 is 0 Å². The molecule has 26 heavy (non-hydrogen) atoms. The molecule has 0 spiro atoms. The molecule has 2 N–H and O–H groups in total. The van der Waals surface area contributed by atoms with Gasteiger partial charge in [-0.1, -0.05) is 23.7 Å². The van der Waals surface area contributed by atoms with Crippen molar-refractivity contribution in [1.29, 1.82) is 5.26 Å². The maximum atomic E-state index is 12.4. The number of ether oxygens (including phenoxy) is 1. The van der Waals surface area contributed by atoms with Crippen LogP contribution in [-0.2, 0) is 4.79 Å². The number of amides is 1. The van der Waals surface area contributed by atoms with Crippen LogP contribution in [0, 0.1) is 32.1 Å². The van der Waals surface area contributed by atoms with Crippen molar-refractivity contribution in [3.63, 3.8) is 0 Å². The normalized spacial score (nSPS) is 10.8. The van der Waals surface area contributed by atoms with Crippen LogP contribution in [0.25, 0.3) is 0 Å². The molecule has 6 heteroatoms. The van der Waals surface area contributed by atoms with Gasteiger partial charge in [-0.15, -0.1) is 0 Å². The highest BCUT2D eigenvalue weighted by atomic mass is 35.5. The second-order valence-corrected chi connectivity index (χ2v) is 6.32. The lowest BCUT2D eigenvalue weighted by molar-refractivity contribution is -0.112. The highest BCUT2D eigenvalue weighted by Gasteiger charge is 2.13. The maximum absolute atomic E-state index is 12.4. The van der Waals surface area contributed by atoms with Gasteiger partial charge in [0.05, 0.1) is 23.5 Å². The van der Waals surface area contributed by atoms with Crippen LogP contribution in [0.15, 0.2) is 42.1 Å². The monoisotopic (exact) mass is 369 g/mol. The molecule has 0 bridgehead atoms. The van der Waals surface area contributed by atoms with Gasteiger partial charge in [0.15, 0.2) is 0 Å². The molecule has 0 aliphatic carbocycles. The minimum Gasteiger partial charge on any atom is -0.495 e. The smallest absolute Gasteiger partial charge is 0.267 e. The quantitative estimate of drug-likeness (QED) is 0.590. The predicted molar refractivity (Wildman–Crippen MR) is 105 cm³/mol.